The van der Waals surface area contributed by atoms with Crippen molar-refractivity contribution in [3.05, 3.63) is 23.8 Å². The highest BCUT2D eigenvalue weighted by molar-refractivity contribution is 8.13. The smallest absolute Gasteiger partial charge is 0.261 e. The fourth-order valence-electron chi connectivity index (χ4n) is 1.99. The molecule has 1 atom stereocenters. The standard InChI is InChI=1S/C14H18ClNO4S/c1-14(2,3)8-16-13(17)12-7-9-6-10(21(15,18)19)4-5-11(9)20-12/h4-6,12H,7-8H2,1-3H3,(H,16,17). The molecule has 21 heavy (non-hydrogen) atoms. The molecule has 0 aromatic heterocycles. The van der Waals surface area contributed by atoms with E-state index in [9.17, 15) is 13.2 Å². The fourth-order valence-corrected chi connectivity index (χ4v) is 2.79. The third kappa shape index (κ3) is 4.11. The lowest BCUT2D eigenvalue weighted by Crippen LogP contribution is -2.41. The third-order valence-corrected chi connectivity index (χ3v) is 4.42. The molecule has 1 heterocycles. The van der Waals surface area contributed by atoms with E-state index in [-0.39, 0.29) is 16.2 Å². The summed E-state index contributed by atoms with van der Waals surface area (Å²) in [4.78, 5) is 12.1. The monoisotopic (exact) mass is 331 g/mol. The Balaban J connectivity index is 2.08. The van der Waals surface area contributed by atoms with E-state index in [0.29, 0.717) is 24.3 Å². The summed E-state index contributed by atoms with van der Waals surface area (Å²) in [5.41, 5.74) is 0.661. The van der Waals surface area contributed by atoms with E-state index in [1.807, 2.05) is 20.8 Å². The fraction of sp³-hybridized carbons (Fsp3) is 0.500. The van der Waals surface area contributed by atoms with Crippen LogP contribution >= 0.6 is 10.7 Å². The Morgan fingerprint density at radius 1 is 1.43 bits per heavy atom. The molecule has 1 aromatic rings. The summed E-state index contributed by atoms with van der Waals surface area (Å²) in [7, 11) is 1.54. The van der Waals surface area contributed by atoms with Crippen LogP contribution in [0.2, 0.25) is 0 Å². The topological polar surface area (TPSA) is 72.5 Å². The van der Waals surface area contributed by atoms with Gasteiger partial charge in [0.15, 0.2) is 6.10 Å². The van der Waals surface area contributed by atoms with Crippen molar-refractivity contribution in [3.63, 3.8) is 0 Å². The maximum Gasteiger partial charge on any atom is 0.261 e. The highest BCUT2D eigenvalue weighted by atomic mass is 35.7. The maximum atomic E-state index is 12.1. The molecule has 0 aliphatic carbocycles. The minimum absolute atomic E-state index is 0.0129. The van der Waals surface area contributed by atoms with Crippen molar-refractivity contribution in [2.24, 2.45) is 5.41 Å². The number of fused-ring (bicyclic) bond motifs is 1. The van der Waals surface area contributed by atoms with E-state index >= 15 is 0 Å². The van der Waals surface area contributed by atoms with Crippen LogP contribution in [0.3, 0.4) is 0 Å². The molecule has 0 bridgehead atoms. The second kappa shape index (κ2) is 5.50. The van der Waals surface area contributed by atoms with Crippen molar-refractivity contribution in [2.45, 2.75) is 38.2 Å². The van der Waals surface area contributed by atoms with Crippen molar-refractivity contribution >= 4 is 25.6 Å². The Hall–Kier alpha value is -1.27. The SMILES string of the molecule is CC(C)(C)CNC(=O)C1Cc2cc(S(=O)(=O)Cl)ccc2O1. The molecule has 7 heteroatoms. The Morgan fingerprint density at radius 2 is 2.10 bits per heavy atom. The van der Waals surface area contributed by atoms with E-state index in [1.54, 1.807) is 0 Å². The van der Waals surface area contributed by atoms with Gasteiger partial charge in [0.2, 0.25) is 0 Å². The molecule has 0 radical (unpaired) electrons. The molecule has 1 amide bonds. The number of benzene rings is 1. The zero-order valence-electron chi connectivity index (χ0n) is 12.1. The van der Waals surface area contributed by atoms with Crippen LogP contribution in [0.15, 0.2) is 23.1 Å². The molecule has 0 saturated heterocycles. The zero-order chi connectivity index (χ0) is 15.8. The van der Waals surface area contributed by atoms with Gasteiger partial charge in [-0.25, -0.2) is 8.42 Å². The largest absolute Gasteiger partial charge is 0.480 e. The number of hydrogen-bond donors (Lipinski definition) is 1. The van der Waals surface area contributed by atoms with Gasteiger partial charge in [0.05, 0.1) is 4.90 Å². The highest BCUT2D eigenvalue weighted by Gasteiger charge is 2.30. The van der Waals surface area contributed by atoms with E-state index in [2.05, 4.69) is 5.32 Å². The van der Waals surface area contributed by atoms with Gasteiger partial charge < -0.3 is 10.1 Å². The van der Waals surface area contributed by atoms with Crippen LogP contribution in [-0.2, 0) is 20.3 Å². The summed E-state index contributed by atoms with van der Waals surface area (Å²) in [6, 6.07) is 4.35. The molecule has 1 aliphatic rings. The number of carbonyl (C=O) groups is 1. The van der Waals surface area contributed by atoms with Gasteiger partial charge in [-0.2, -0.15) is 0 Å². The Kier molecular flexibility index (Phi) is 4.22. The molecule has 116 valence electrons. The minimum Gasteiger partial charge on any atom is -0.480 e. The molecule has 1 N–H and O–H groups in total. The van der Waals surface area contributed by atoms with E-state index in [4.69, 9.17) is 15.4 Å². The first-order chi connectivity index (χ1) is 9.56. The second-order valence-electron chi connectivity index (χ2n) is 6.30. The maximum absolute atomic E-state index is 12.1. The van der Waals surface area contributed by atoms with Gasteiger partial charge in [0.25, 0.3) is 15.0 Å². The van der Waals surface area contributed by atoms with Crippen molar-refractivity contribution in [1.82, 2.24) is 5.32 Å². The van der Waals surface area contributed by atoms with Gasteiger partial charge in [-0.3, -0.25) is 4.79 Å². The van der Waals surface area contributed by atoms with Gasteiger partial charge in [-0.1, -0.05) is 20.8 Å². The number of amides is 1. The first-order valence-corrected chi connectivity index (χ1v) is 8.89. The normalized spacial score (nSPS) is 18.0. The molecule has 0 saturated carbocycles. The predicted octanol–water partition coefficient (Wildman–Crippen LogP) is 2.08. The van der Waals surface area contributed by atoms with Gasteiger partial charge in [-0.05, 0) is 29.2 Å². The molecule has 0 fully saturated rings. The molecule has 2 rings (SSSR count). The number of nitrogens with one attached hydrogen (secondary N) is 1. The van der Waals surface area contributed by atoms with Crippen LogP contribution in [0.25, 0.3) is 0 Å². The van der Waals surface area contributed by atoms with Gasteiger partial charge in [0.1, 0.15) is 5.75 Å². The first kappa shape index (κ1) is 16.1. The lowest BCUT2D eigenvalue weighted by molar-refractivity contribution is -0.127. The molecule has 1 unspecified atom stereocenters. The number of halogens is 1. The molecular formula is C14H18ClNO4S. The zero-order valence-corrected chi connectivity index (χ0v) is 13.7. The summed E-state index contributed by atoms with van der Waals surface area (Å²) in [5.74, 6) is 0.325. The Bertz CT molecular complexity index is 664. The second-order valence-corrected chi connectivity index (χ2v) is 8.86. The van der Waals surface area contributed by atoms with Crippen LogP contribution < -0.4 is 10.1 Å². The van der Waals surface area contributed by atoms with Crippen molar-refractivity contribution in [2.75, 3.05) is 6.54 Å². The number of rotatable bonds is 3. The van der Waals surface area contributed by atoms with Crippen LogP contribution in [0.1, 0.15) is 26.3 Å². The average Bonchev–Trinajstić information content (AvgIpc) is 2.76. The molecule has 0 spiro atoms. The lowest BCUT2D eigenvalue weighted by Gasteiger charge is -2.20. The van der Waals surface area contributed by atoms with E-state index in [1.165, 1.54) is 18.2 Å². The van der Waals surface area contributed by atoms with Gasteiger partial charge >= 0.3 is 0 Å². The highest BCUT2D eigenvalue weighted by Crippen LogP contribution is 2.31. The summed E-state index contributed by atoms with van der Waals surface area (Å²) in [5, 5.41) is 2.84. The number of carbonyl (C=O) groups excluding carboxylic acids is 1. The predicted molar refractivity (Wildman–Crippen MR) is 80.1 cm³/mol. The molecular weight excluding hydrogens is 314 g/mol. The van der Waals surface area contributed by atoms with Crippen molar-refractivity contribution < 1.29 is 17.9 Å². The summed E-state index contributed by atoms with van der Waals surface area (Å²) >= 11 is 0. The van der Waals surface area contributed by atoms with Gasteiger partial charge in [0, 0.05) is 23.6 Å². The van der Waals surface area contributed by atoms with Crippen molar-refractivity contribution in [3.8, 4) is 5.75 Å². The minimum atomic E-state index is -3.78. The van der Waals surface area contributed by atoms with E-state index < -0.39 is 15.2 Å². The van der Waals surface area contributed by atoms with Crippen LogP contribution in [0.4, 0.5) is 0 Å². The molecule has 1 aromatic carbocycles. The van der Waals surface area contributed by atoms with Gasteiger partial charge in [-0.15, -0.1) is 0 Å². The average molecular weight is 332 g/mol. The van der Waals surface area contributed by atoms with E-state index in [0.717, 1.165) is 0 Å². The summed E-state index contributed by atoms with van der Waals surface area (Å²) in [6.07, 6.45) is -0.290. The van der Waals surface area contributed by atoms with Crippen LogP contribution in [-0.4, -0.2) is 27.0 Å². The third-order valence-electron chi connectivity index (χ3n) is 3.07. The molecule has 5 nitrogen and oxygen atoms in total. The Labute approximate surface area is 129 Å². The lowest BCUT2D eigenvalue weighted by atomic mass is 9.97. The Morgan fingerprint density at radius 3 is 2.67 bits per heavy atom. The van der Waals surface area contributed by atoms with Crippen LogP contribution in [0, 0.1) is 5.41 Å². The van der Waals surface area contributed by atoms with Crippen LogP contribution in [0.5, 0.6) is 5.75 Å². The summed E-state index contributed by atoms with van der Waals surface area (Å²) in [6.45, 7) is 6.61. The molecule has 1 aliphatic heterocycles. The quantitative estimate of drug-likeness (QED) is 0.861. The number of hydrogen-bond acceptors (Lipinski definition) is 4. The summed E-state index contributed by atoms with van der Waals surface area (Å²) < 4.78 is 28.2. The van der Waals surface area contributed by atoms with Crippen molar-refractivity contribution in [1.29, 1.82) is 0 Å². The first-order valence-electron chi connectivity index (χ1n) is 6.58. The number of ether oxygens (including phenoxy) is 1.